The SMILES string of the molecule is Cc1ncsc1C(CN)CO. The van der Waals surface area contributed by atoms with Crippen LogP contribution in [0.1, 0.15) is 16.5 Å². The summed E-state index contributed by atoms with van der Waals surface area (Å²) in [7, 11) is 0. The van der Waals surface area contributed by atoms with Crippen molar-refractivity contribution in [3.63, 3.8) is 0 Å². The summed E-state index contributed by atoms with van der Waals surface area (Å²) in [5.74, 6) is 0.0718. The molecule has 0 aromatic carbocycles. The largest absolute Gasteiger partial charge is 0.396 e. The van der Waals surface area contributed by atoms with E-state index in [-0.39, 0.29) is 12.5 Å². The average molecular weight is 172 g/mol. The molecule has 1 aromatic heterocycles. The molecule has 3 N–H and O–H groups in total. The highest BCUT2D eigenvalue weighted by atomic mass is 32.1. The predicted molar refractivity (Wildman–Crippen MR) is 45.7 cm³/mol. The van der Waals surface area contributed by atoms with Crippen LogP contribution in [0.4, 0.5) is 0 Å². The molecule has 0 saturated carbocycles. The first-order valence-electron chi connectivity index (χ1n) is 3.50. The summed E-state index contributed by atoms with van der Waals surface area (Å²) < 4.78 is 0. The molecule has 1 aromatic rings. The van der Waals surface area contributed by atoms with E-state index < -0.39 is 0 Å². The number of thiazole rings is 1. The van der Waals surface area contributed by atoms with Gasteiger partial charge in [-0.05, 0) is 6.92 Å². The molecule has 0 spiro atoms. The number of hydrogen-bond acceptors (Lipinski definition) is 4. The topological polar surface area (TPSA) is 59.1 Å². The van der Waals surface area contributed by atoms with Crippen molar-refractivity contribution in [2.45, 2.75) is 12.8 Å². The Kier molecular flexibility index (Phi) is 2.99. The van der Waals surface area contributed by atoms with E-state index in [0.717, 1.165) is 10.6 Å². The molecule has 0 radical (unpaired) electrons. The third-order valence-electron chi connectivity index (χ3n) is 1.66. The van der Waals surface area contributed by atoms with Gasteiger partial charge in [-0.1, -0.05) is 0 Å². The molecule has 1 heterocycles. The van der Waals surface area contributed by atoms with Crippen molar-refractivity contribution in [2.75, 3.05) is 13.2 Å². The lowest BCUT2D eigenvalue weighted by atomic mass is 10.1. The van der Waals surface area contributed by atoms with Gasteiger partial charge in [0.15, 0.2) is 0 Å². The van der Waals surface area contributed by atoms with E-state index in [9.17, 15) is 0 Å². The molecule has 4 heteroatoms. The van der Waals surface area contributed by atoms with Gasteiger partial charge < -0.3 is 10.8 Å². The number of aromatic nitrogens is 1. The Morgan fingerprint density at radius 2 is 2.55 bits per heavy atom. The minimum Gasteiger partial charge on any atom is -0.396 e. The summed E-state index contributed by atoms with van der Waals surface area (Å²) in [6, 6.07) is 0. The van der Waals surface area contributed by atoms with Gasteiger partial charge in [0.25, 0.3) is 0 Å². The molecule has 0 aliphatic carbocycles. The Hall–Kier alpha value is -0.450. The third kappa shape index (κ3) is 1.77. The molecule has 0 fully saturated rings. The Labute approximate surface area is 69.9 Å². The zero-order valence-electron chi connectivity index (χ0n) is 6.45. The van der Waals surface area contributed by atoms with E-state index in [2.05, 4.69) is 4.98 Å². The smallest absolute Gasteiger partial charge is 0.0797 e. The summed E-state index contributed by atoms with van der Waals surface area (Å²) in [6.07, 6.45) is 0. The highest BCUT2D eigenvalue weighted by Gasteiger charge is 2.12. The average Bonchev–Trinajstić information content (AvgIpc) is 2.40. The van der Waals surface area contributed by atoms with Gasteiger partial charge in [0.1, 0.15) is 0 Å². The van der Waals surface area contributed by atoms with E-state index in [1.165, 1.54) is 0 Å². The van der Waals surface area contributed by atoms with Gasteiger partial charge in [0, 0.05) is 17.3 Å². The van der Waals surface area contributed by atoms with Crippen LogP contribution in [0.15, 0.2) is 5.51 Å². The Morgan fingerprint density at radius 1 is 1.82 bits per heavy atom. The van der Waals surface area contributed by atoms with Crippen molar-refractivity contribution in [1.82, 2.24) is 4.98 Å². The number of aliphatic hydroxyl groups excluding tert-OH is 1. The van der Waals surface area contributed by atoms with E-state index in [0.29, 0.717) is 6.54 Å². The quantitative estimate of drug-likeness (QED) is 0.697. The molecular weight excluding hydrogens is 160 g/mol. The summed E-state index contributed by atoms with van der Waals surface area (Å²) in [5, 5.41) is 8.92. The first-order chi connectivity index (χ1) is 5.29. The maximum Gasteiger partial charge on any atom is 0.0797 e. The van der Waals surface area contributed by atoms with Gasteiger partial charge in [-0.2, -0.15) is 0 Å². The van der Waals surface area contributed by atoms with Gasteiger partial charge in [-0.25, -0.2) is 4.98 Å². The summed E-state index contributed by atoms with van der Waals surface area (Å²) in [4.78, 5) is 5.19. The molecule has 1 atom stereocenters. The van der Waals surface area contributed by atoms with Crippen molar-refractivity contribution in [1.29, 1.82) is 0 Å². The van der Waals surface area contributed by atoms with Gasteiger partial charge >= 0.3 is 0 Å². The molecule has 11 heavy (non-hydrogen) atoms. The van der Waals surface area contributed by atoms with E-state index >= 15 is 0 Å². The Balaban J connectivity index is 2.81. The standard InChI is InChI=1S/C7H12N2OS/c1-5-7(11-4-9-5)6(2-8)3-10/h4,6,10H,2-3,8H2,1H3. The number of rotatable bonds is 3. The van der Waals surface area contributed by atoms with Crippen LogP contribution in [0.2, 0.25) is 0 Å². The molecule has 0 amide bonds. The molecule has 62 valence electrons. The molecule has 0 saturated heterocycles. The second-order valence-electron chi connectivity index (χ2n) is 2.42. The lowest BCUT2D eigenvalue weighted by molar-refractivity contribution is 0.269. The first-order valence-corrected chi connectivity index (χ1v) is 4.38. The van der Waals surface area contributed by atoms with Crippen LogP contribution in [-0.2, 0) is 0 Å². The van der Waals surface area contributed by atoms with Crippen molar-refractivity contribution in [3.8, 4) is 0 Å². The second kappa shape index (κ2) is 3.80. The second-order valence-corrected chi connectivity index (χ2v) is 3.30. The first kappa shape index (κ1) is 8.64. The fourth-order valence-electron chi connectivity index (χ4n) is 0.967. The highest BCUT2D eigenvalue weighted by Crippen LogP contribution is 2.21. The lowest BCUT2D eigenvalue weighted by Crippen LogP contribution is -2.15. The van der Waals surface area contributed by atoms with Crippen molar-refractivity contribution < 1.29 is 5.11 Å². The maximum atomic E-state index is 8.92. The molecule has 3 nitrogen and oxygen atoms in total. The van der Waals surface area contributed by atoms with Crippen LogP contribution in [0.3, 0.4) is 0 Å². The zero-order valence-corrected chi connectivity index (χ0v) is 7.27. The van der Waals surface area contributed by atoms with Crippen LogP contribution in [0.5, 0.6) is 0 Å². The third-order valence-corrected chi connectivity index (χ3v) is 2.75. The molecule has 1 rings (SSSR count). The van der Waals surface area contributed by atoms with Crippen LogP contribution in [-0.4, -0.2) is 23.2 Å². The van der Waals surface area contributed by atoms with Crippen LogP contribution in [0.25, 0.3) is 0 Å². The van der Waals surface area contributed by atoms with Gasteiger partial charge in [-0.15, -0.1) is 11.3 Å². The van der Waals surface area contributed by atoms with Crippen LogP contribution in [0, 0.1) is 6.92 Å². The number of aryl methyl sites for hydroxylation is 1. The molecule has 0 aliphatic rings. The highest BCUT2D eigenvalue weighted by molar-refractivity contribution is 7.09. The van der Waals surface area contributed by atoms with E-state index in [4.69, 9.17) is 10.8 Å². The Bertz CT molecular complexity index is 220. The fraction of sp³-hybridized carbons (Fsp3) is 0.571. The normalized spacial score (nSPS) is 13.4. The summed E-state index contributed by atoms with van der Waals surface area (Å²) in [5.41, 5.74) is 8.23. The van der Waals surface area contributed by atoms with Gasteiger partial charge in [0.05, 0.1) is 17.8 Å². The molecule has 1 unspecified atom stereocenters. The van der Waals surface area contributed by atoms with Crippen LogP contribution >= 0.6 is 11.3 Å². The predicted octanol–water partition coefficient (Wildman–Crippen LogP) is 0.486. The minimum absolute atomic E-state index is 0.0718. The lowest BCUT2D eigenvalue weighted by Gasteiger charge is -2.08. The van der Waals surface area contributed by atoms with Gasteiger partial charge in [0.2, 0.25) is 0 Å². The number of nitrogens with two attached hydrogens (primary N) is 1. The number of hydrogen-bond donors (Lipinski definition) is 2. The van der Waals surface area contributed by atoms with E-state index in [1.807, 2.05) is 6.92 Å². The molecular formula is C7H12N2OS. The van der Waals surface area contributed by atoms with Crippen LogP contribution < -0.4 is 5.73 Å². The zero-order chi connectivity index (χ0) is 8.27. The van der Waals surface area contributed by atoms with Crippen molar-refractivity contribution in [3.05, 3.63) is 16.1 Å². The maximum absolute atomic E-state index is 8.92. The monoisotopic (exact) mass is 172 g/mol. The van der Waals surface area contributed by atoms with E-state index in [1.54, 1.807) is 16.8 Å². The van der Waals surface area contributed by atoms with Gasteiger partial charge in [-0.3, -0.25) is 0 Å². The molecule has 0 aliphatic heterocycles. The fourth-order valence-corrected chi connectivity index (χ4v) is 1.88. The summed E-state index contributed by atoms with van der Waals surface area (Å²) in [6.45, 7) is 2.53. The van der Waals surface area contributed by atoms with Crippen molar-refractivity contribution in [2.24, 2.45) is 5.73 Å². The minimum atomic E-state index is 0.0718. The van der Waals surface area contributed by atoms with Crippen molar-refractivity contribution >= 4 is 11.3 Å². The number of aliphatic hydroxyl groups is 1. The number of nitrogens with zero attached hydrogens (tertiary/aromatic N) is 1. The Morgan fingerprint density at radius 3 is 2.91 bits per heavy atom. The summed E-state index contributed by atoms with van der Waals surface area (Å²) >= 11 is 1.56. The molecule has 0 bridgehead atoms.